The molecular formula is C23H27N3O4. The molecule has 0 unspecified atom stereocenters. The van der Waals surface area contributed by atoms with E-state index in [9.17, 15) is 14.7 Å². The minimum absolute atomic E-state index is 0.0410. The van der Waals surface area contributed by atoms with Gasteiger partial charge in [-0.25, -0.2) is 4.79 Å². The summed E-state index contributed by atoms with van der Waals surface area (Å²) in [6.07, 6.45) is 2.04. The van der Waals surface area contributed by atoms with Gasteiger partial charge < -0.3 is 15.2 Å². The van der Waals surface area contributed by atoms with Crippen molar-refractivity contribution in [2.75, 3.05) is 20.2 Å². The molecule has 2 fully saturated rings. The van der Waals surface area contributed by atoms with Crippen molar-refractivity contribution in [3.05, 3.63) is 59.7 Å². The fraction of sp³-hybridized carbons (Fsp3) is 0.391. The topological polar surface area (TPSA) is 90.9 Å². The lowest BCUT2D eigenvalue weighted by Gasteiger charge is -2.40. The summed E-state index contributed by atoms with van der Waals surface area (Å²) >= 11 is 0. The first kappa shape index (κ1) is 20.2. The third-order valence-corrected chi connectivity index (χ3v) is 6.28. The van der Waals surface area contributed by atoms with E-state index in [4.69, 9.17) is 4.74 Å². The standard InChI is InChI=1S/C23H27N3O4/c1-30-19-9-5-8-17(20(19)27)15-26-12-10-18(11-13-26)23(21(28)24-22(29)25-23)14-16-6-3-2-4-7-16/h2-9,18,27H,10-15H2,1H3,(H2,24,25,28,29)/t23-/m0/s1. The highest BCUT2D eigenvalue weighted by molar-refractivity contribution is 6.07. The summed E-state index contributed by atoms with van der Waals surface area (Å²) in [6, 6.07) is 14.9. The van der Waals surface area contributed by atoms with Crippen LogP contribution in [0.5, 0.6) is 11.5 Å². The smallest absolute Gasteiger partial charge is 0.322 e. The Bertz CT molecular complexity index is 925. The zero-order valence-corrected chi connectivity index (χ0v) is 17.1. The first-order valence-corrected chi connectivity index (χ1v) is 10.3. The molecule has 0 aliphatic carbocycles. The lowest BCUT2D eigenvalue weighted by atomic mass is 9.74. The number of methoxy groups -OCH3 is 1. The highest BCUT2D eigenvalue weighted by Gasteiger charge is 2.52. The molecule has 2 heterocycles. The van der Waals surface area contributed by atoms with Gasteiger partial charge in [0.25, 0.3) is 5.91 Å². The lowest BCUT2D eigenvalue weighted by molar-refractivity contribution is -0.126. The lowest BCUT2D eigenvalue weighted by Crippen LogP contribution is -2.57. The molecule has 2 aromatic rings. The number of imide groups is 1. The van der Waals surface area contributed by atoms with E-state index in [1.165, 1.54) is 7.11 Å². The van der Waals surface area contributed by atoms with E-state index in [-0.39, 0.29) is 17.6 Å². The number of carbonyl (C=O) groups is 2. The van der Waals surface area contributed by atoms with Gasteiger partial charge >= 0.3 is 6.03 Å². The molecule has 0 spiro atoms. The molecule has 2 aromatic carbocycles. The van der Waals surface area contributed by atoms with Gasteiger partial charge in [-0.05, 0) is 43.5 Å². The zero-order valence-electron chi connectivity index (χ0n) is 17.1. The number of hydrogen-bond acceptors (Lipinski definition) is 5. The van der Waals surface area contributed by atoms with Crippen molar-refractivity contribution in [3.8, 4) is 11.5 Å². The number of phenols is 1. The molecule has 0 bridgehead atoms. The number of nitrogens with one attached hydrogen (secondary N) is 2. The Morgan fingerprint density at radius 1 is 1.10 bits per heavy atom. The van der Waals surface area contributed by atoms with E-state index in [1.54, 1.807) is 6.07 Å². The van der Waals surface area contributed by atoms with Gasteiger partial charge in [-0.3, -0.25) is 15.0 Å². The van der Waals surface area contributed by atoms with Crippen molar-refractivity contribution in [2.45, 2.75) is 31.3 Å². The molecule has 3 N–H and O–H groups in total. The summed E-state index contributed by atoms with van der Waals surface area (Å²) in [5, 5.41) is 15.8. The van der Waals surface area contributed by atoms with Crippen molar-refractivity contribution in [1.82, 2.24) is 15.5 Å². The molecule has 2 saturated heterocycles. The van der Waals surface area contributed by atoms with E-state index in [2.05, 4.69) is 15.5 Å². The van der Waals surface area contributed by atoms with Crippen LogP contribution in [0.3, 0.4) is 0 Å². The summed E-state index contributed by atoms with van der Waals surface area (Å²) < 4.78 is 5.20. The van der Waals surface area contributed by atoms with Gasteiger partial charge in [0.05, 0.1) is 7.11 Å². The number of urea groups is 1. The van der Waals surface area contributed by atoms with Crippen LogP contribution in [-0.2, 0) is 17.8 Å². The molecule has 7 heteroatoms. The molecule has 158 valence electrons. The number of ether oxygens (including phenoxy) is 1. The number of amides is 3. The van der Waals surface area contributed by atoms with E-state index in [0.29, 0.717) is 18.7 Å². The van der Waals surface area contributed by atoms with Crippen LogP contribution in [0.15, 0.2) is 48.5 Å². The number of rotatable bonds is 6. The normalized spacial score (nSPS) is 22.6. The highest BCUT2D eigenvalue weighted by atomic mass is 16.5. The number of para-hydroxylation sites is 1. The Morgan fingerprint density at radius 2 is 1.83 bits per heavy atom. The molecule has 2 aliphatic rings. The van der Waals surface area contributed by atoms with Crippen molar-refractivity contribution < 1.29 is 19.4 Å². The highest BCUT2D eigenvalue weighted by Crippen LogP contribution is 2.36. The number of carbonyl (C=O) groups excluding carboxylic acids is 2. The third kappa shape index (κ3) is 3.85. The summed E-state index contributed by atoms with van der Waals surface area (Å²) in [5.41, 5.74) is 0.931. The molecule has 0 saturated carbocycles. The Labute approximate surface area is 176 Å². The summed E-state index contributed by atoms with van der Waals surface area (Å²) in [7, 11) is 1.54. The predicted octanol–water partition coefficient (Wildman–Crippen LogP) is 2.43. The van der Waals surface area contributed by atoms with Crippen LogP contribution in [0.1, 0.15) is 24.0 Å². The molecular weight excluding hydrogens is 382 g/mol. The van der Waals surface area contributed by atoms with Crippen molar-refractivity contribution in [2.24, 2.45) is 5.92 Å². The van der Waals surface area contributed by atoms with E-state index in [1.807, 2.05) is 42.5 Å². The largest absolute Gasteiger partial charge is 0.504 e. The van der Waals surface area contributed by atoms with Crippen LogP contribution < -0.4 is 15.4 Å². The maximum atomic E-state index is 12.8. The van der Waals surface area contributed by atoms with Crippen LogP contribution >= 0.6 is 0 Å². The third-order valence-electron chi connectivity index (χ3n) is 6.28. The molecule has 3 amide bonds. The van der Waals surface area contributed by atoms with Gasteiger partial charge in [0.1, 0.15) is 5.54 Å². The fourth-order valence-electron chi connectivity index (χ4n) is 4.66. The van der Waals surface area contributed by atoms with Crippen molar-refractivity contribution in [3.63, 3.8) is 0 Å². The van der Waals surface area contributed by atoms with E-state index >= 15 is 0 Å². The van der Waals surface area contributed by atoms with Crippen LogP contribution in [0.2, 0.25) is 0 Å². The number of benzene rings is 2. The van der Waals surface area contributed by atoms with Crippen LogP contribution in [0, 0.1) is 5.92 Å². The Hall–Kier alpha value is -3.06. The Balaban J connectivity index is 1.47. The van der Waals surface area contributed by atoms with Crippen LogP contribution in [0.25, 0.3) is 0 Å². The SMILES string of the molecule is COc1cccc(CN2CCC([C@]3(Cc4ccccc4)NC(=O)NC3=O)CC2)c1O. The maximum Gasteiger partial charge on any atom is 0.322 e. The van der Waals surface area contributed by atoms with Gasteiger partial charge in [-0.1, -0.05) is 42.5 Å². The van der Waals surface area contributed by atoms with Gasteiger partial charge in [-0.15, -0.1) is 0 Å². The zero-order chi connectivity index (χ0) is 21.1. The molecule has 1 atom stereocenters. The van der Waals surface area contributed by atoms with Crippen molar-refractivity contribution in [1.29, 1.82) is 0 Å². The summed E-state index contributed by atoms with van der Waals surface area (Å²) in [6.45, 7) is 2.17. The molecule has 0 radical (unpaired) electrons. The second-order valence-electron chi connectivity index (χ2n) is 8.06. The average Bonchev–Trinajstić information content (AvgIpc) is 3.04. The molecule has 0 aromatic heterocycles. The monoisotopic (exact) mass is 409 g/mol. The molecule has 30 heavy (non-hydrogen) atoms. The molecule has 7 nitrogen and oxygen atoms in total. The minimum atomic E-state index is -0.914. The number of aromatic hydroxyl groups is 1. The number of phenolic OH excluding ortho intramolecular Hbond substituents is 1. The van der Waals surface area contributed by atoms with E-state index < -0.39 is 11.6 Å². The second kappa shape index (κ2) is 8.36. The average molecular weight is 409 g/mol. The maximum absolute atomic E-state index is 12.8. The van der Waals surface area contributed by atoms with Crippen molar-refractivity contribution >= 4 is 11.9 Å². The Morgan fingerprint density at radius 3 is 2.47 bits per heavy atom. The number of nitrogens with zero attached hydrogens (tertiary/aromatic N) is 1. The first-order valence-electron chi connectivity index (χ1n) is 10.3. The number of hydrogen-bond donors (Lipinski definition) is 3. The van der Waals surface area contributed by atoms with Gasteiger partial charge in [0.15, 0.2) is 11.5 Å². The quantitative estimate of drug-likeness (QED) is 0.638. The number of likely N-dealkylation sites (tertiary alicyclic amines) is 1. The molecule has 2 aliphatic heterocycles. The van der Waals surface area contributed by atoms with Gasteiger partial charge in [0.2, 0.25) is 0 Å². The number of piperidine rings is 1. The minimum Gasteiger partial charge on any atom is -0.504 e. The van der Waals surface area contributed by atoms with Crippen LogP contribution in [0.4, 0.5) is 4.79 Å². The van der Waals surface area contributed by atoms with Crippen LogP contribution in [-0.4, -0.2) is 47.7 Å². The van der Waals surface area contributed by atoms with Gasteiger partial charge in [-0.2, -0.15) is 0 Å². The predicted molar refractivity (Wildman–Crippen MR) is 112 cm³/mol. The summed E-state index contributed by atoms with van der Waals surface area (Å²) in [5.74, 6) is 0.444. The molecule has 4 rings (SSSR count). The Kier molecular flexibility index (Phi) is 5.63. The fourth-order valence-corrected chi connectivity index (χ4v) is 4.66. The van der Waals surface area contributed by atoms with Gasteiger partial charge in [0, 0.05) is 18.5 Å². The van der Waals surface area contributed by atoms with E-state index in [0.717, 1.165) is 37.1 Å². The summed E-state index contributed by atoms with van der Waals surface area (Å²) in [4.78, 5) is 27.1. The second-order valence-corrected chi connectivity index (χ2v) is 8.06. The first-order chi connectivity index (χ1) is 14.5.